The highest BCUT2D eigenvalue weighted by molar-refractivity contribution is 5.67. The van der Waals surface area contributed by atoms with Crippen molar-refractivity contribution in [3.05, 3.63) is 30.3 Å². The summed E-state index contributed by atoms with van der Waals surface area (Å²) in [7, 11) is 1.76. The van der Waals surface area contributed by atoms with Crippen molar-refractivity contribution in [2.24, 2.45) is 0 Å². The van der Waals surface area contributed by atoms with Crippen LogP contribution in [0.3, 0.4) is 0 Å². The van der Waals surface area contributed by atoms with E-state index in [1.807, 2.05) is 19.1 Å². The molecule has 0 aliphatic rings. The molecule has 2 heterocycles. The average Bonchev–Trinajstić information content (AvgIpc) is 2.83. The number of carbonyl (C=O) groups is 1. The maximum atomic E-state index is 10.5. The summed E-state index contributed by atoms with van der Waals surface area (Å²) in [4.78, 5) is 20.6. The van der Waals surface area contributed by atoms with Gasteiger partial charge in [0.2, 0.25) is 5.95 Å². The third-order valence-electron chi connectivity index (χ3n) is 2.67. The van der Waals surface area contributed by atoms with Crippen LogP contribution in [0, 0.1) is 6.92 Å². The van der Waals surface area contributed by atoms with E-state index in [-0.39, 0.29) is 6.42 Å². The number of carboxylic acid groups (broad SMARTS) is 1. The van der Waals surface area contributed by atoms with E-state index < -0.39 is 5.97 Å². The fourth-order valence-electron chi connectivity index (χ4n) is 1.60. The van der Waals surface area contributed by atoms with Gasteiger partial charge in [-0.15, -0.1) is 0 Å². The summed E-state index contributed by atoms with van der Waals surface area (Å²) in [6.45, 7) is 2.24. The molecule has 2 aromatic heterocycles. The largest absolute Gasteiger partial charge is 0.481 e. The Bertz CT molecular complexity index is 563. The molecule has 0 spiro atoms. The van der Waals surface area contributed by atoms with E-state index in [2.05, 4.69) is 9.97 Å². The standard InChI is InChI=1S/C13H15N3O3/c1-9-3-4-11(19-9)10-7-14-13(15-8-10)16(2)6-5-12(17)18/h3-4,7-8H,5-6H2,1-2H3,(H,17,18). The second kappa shape index (κ2) is 5.51. The van der Waals surface area contributed by atoms with Crippen LogP contribution in [0.15, 0.2) is 28.9 Å². The highest BCUT2D eigenvalue weighted by Crippen LogP contribution is 2.21. The van der Waals surface area contributed by atoms with Gasteiger partial charge in [0.25, 0.3) is 0 Å². The van der Waals surface area contributed by atoms with Crippen LogP contribution in [0.5, 0.6) is 0 Å². The number of carboxylic acids is 1. The quantitative estimate of drug-likeness (QED) is 0.886. The summed E-state index contributed by atoms with van der Waals surface area (Å²) in [6, 6.07) is 3.74. The molecule has 1 N–H and O–H groups in total. The minimum atomic E-state index is -0.838. The van der Waals surface area contributed by atoms with E-state index in [1.54, 1.807) is 24.3 Å². The zero-order valence-corrected chi connectivity index (χ0v) is 10.8. The van der Waals surface area contributed by atoms with Gasteiger partial charge in [0, 0.05) is 26.0 Å². The van der Waals surface area contributed by atoms with Crippen molar-refractivity contribution in [3.63, 3.8) is 0 Å². The molecule has 0 aliphatic heterocycles. The Hall–Kier alpha value is -2.37. The van der Waals surface area contributed by atoms with Gasteiger partial charge in [-0.2, -0.15) is 0 Å². The van der Waals surface area contributed by atoms with Crippen molar-refractivity contribution in [2.75, 3.05) is 18.5 Å². The molecule has 0 aliphatic carbocycles. The Balaban J connectivity index is 2.07. The summed E-state index contributed by atoms with van der Waals surface area (Å²) in [6.07, 6.45) is 3.38. The Kier molecular flexibility index (Phi) is 3.79. The van der Waals surface area contributed by atoms with Crippen molar-refractivity contribution in [1.29, 1.82) is 0 Å². The predicted octanol–water partition coefficient (Wildman–Crippen LogP) is 1.96. The molecular weight excluding hydrogens is 246 g/mol. The molecule has 0 fully saturated rings. The lowest BCUT2D eigenvalue weighted by atomic mass is 10.3. The number of aryl methyl sites for hydroxylation is 1. The number of nitrogens with zero attached hydrogens (tertiary/aromatic N) is 3. The number of hydrogen-bond donors (Lipinski definition) is 1. The van der Waals surface area contributed by atoms with Crippen LogP contribution >= 0.6 is 0 Å². The molecule has 0 unspecified atom stereocenters. The maximum absolute atomic E-state index is 10.5. The summed E-state index contributed by atoms with van der Waals surface area (Å²) in [5.41, 5.74) is 0.795. The fraction of sp³-hybridized carbons (Fsp3) is 0.308. The molecule has 6 heteroatoms. The zero-order chi connectivity index (χ0) is 13.8. The number of aromatic nitrogens is 2. The third kappa shape index (κ3) is 3.31. The molecule has 2 rings (SSSR count). The molecule has 2 aromatic rings. The van der Waals surface area contributed by atoms with Crippen LogP contribution in [-0.2, 0) is 4.79 Å². The van der Waals surface area contributed by atoms with Crippen LogP contribution in [0.1, 0.15) is 12.2 Å². The Morgan fingerprint density at radius 2 is 2.05 bits per heavy atom. The van der Waals surface area contributed by atoms with E-state index in [0.29, 0.717) is 12.5 Å². The molecule has 0 atom stereocenters. The second-order valence-corrected chi connectivity index (χ2v) is 4.25. The lowest BCUT2D eigenvalue weighted by Crippen LogP contribution is -2.22. The highest BCUT2D eigenvalue weighted by Gasteiger charge is 2.08. The first kappa shape index (κ1) is 13.1. The van der Waals surface area contributed by atoms with E-state index in [1.165, 1.54) is 0 Å². The normalized spacial score (nSPS) is 10.4. The fourth-order valence-corrected chi connectivity index (χ4v) is 1.60. The summed E-state index contributed by atoms with van der Waals surface area (Å²) < 4.78 is 5.48. The molecule has 100 valence electrons. The van der Waals surface area contributed by atoms with E-state index in [4.69, 9.17) is 9.52 Å². The first-order chi connectivity index (χ1) is 9.06. The van der Waals surface area contributed by atoms with Gasteiger partial charge >= 0.3 is 5.97 Å². The molecule has 19 heavy (non-hydrogen) atoms. The van der Waals surface area contributed by atoms with Crippen molar-refractivity contribution in [1.82, 2.24) is 9.97 Å². The third-order valence-corrected chi connectivity index (χ3v) is 2.67. The van der Waals surface area contributed by atoms with E-state index in [9.17, 15) is 4.79 Å². The molecule has 0 amide bonds. The Morgan fingerprint density at radius 1 is 1.37 bits per heavy atom. The zero-order valence-electron chi connectivity index (χ0n) is 10.8. The van der Waals surface area contributed by atoms with Gasteiger partial charge in [-0.3, -0.25) is 4.79 Å². The lowest BCUT2D eigenvalue weighted by molar-refractivity contribution is -0.136. The van der Waals surface area contributed by atoms with Crippen molar-refractivity contribution in [2.45, 2.75) is 13.3 Å². The number of furan rings is 1. The van der Waals surface area contributed by atoms with Gasteiger partial charge in [-0.05, 0) is 19.1 Å². The minimum absolute atomic E-state index is 0.0546. The van der Waals surface area contributed by atoms with Crippen LogP contribution in [-0.4, -0.2) is 34.6 Å². The molecular formula is C13H15N3O3. The summed E-state index contributed by atoms with van der Waals surface area (Å²) in [5.74, 6) is 1.21. The number of rotatable bonds is 5. The smallest absolute Gasteiger partial charge is 0.305 e. The van der Waals surface area contributed by atoms with Gasteiger partial charge in [-0.25, -0.2) is 9.97 Å². The molecule has 0 saturated heterocycles. The van der Waals surface area contributed by atoms with Gasteiger partial charge in [-0.1, -0.05) is 0 Å². The number of hydrogen-bond acceptors (Lipinski definition) is 5. The van der Waals surface area contributed by atoms with Crippen LogP contribution < -0.4 is 4.90 Å². The van der Waals surface area contributed by atoms with Crippen molar-refractivity contribution in [3.8, 4) is 11.3 Å². The topological polar surface area (TPSA) is 79.5 Å². The van der Waals surface area contributed by atoms with Gasteiger partial charge < -0.3 is 14.4 Å². The van der Waals surface area contributed by atoms with Crippen LogP contribution in [0.2, 0.25) is 0 Å². The van der Waals surface area contributed by atoms with Crippen molar-refractivity contribution >= 4 is 11.9 Å². The van der Waals surface area contributed by atoms with Gasteiger partial charge in [0.1, 0.15) is 11.5 Å². The van der Waals surface area contributed by atoms with Gasteiger partial charge in [0.05, 0.1) is 12.0 Å². The lowest BCUT2D eigenvalue weighted by Gasteiger charge is -2.15. The van der Waals surface area contributed by atoms with E-state index in [0.717, 1.165) is 17.1 Å². The molecule has 0 radical (unpaired) electrons. The molecule has 6 nitrogen and oxygen atoms in total. The average molecular weight is 261 g/mol. The van der Waals surface area contributed by atoms with E-state index >= 15 is 0 Å². The first-order valence-electron chi connectivity index (χ1n) is 5.88. The highest BCUT2D eigenvalue weighted by atomic mass is 16.4. The second-order valence-electron chi connectivity index (χ2n) is 4.25. The Morgan fingerprint density at radius 3 is 2.58 bits per heavy atom. The maximum Gasteiger partial charge on any atom is 0.305 e. The number of aliphatic carboxylic acids is 1. The summed E-state index contributed by atoms with van der Waals surface area (Å²) >= 11 is 0. The SMILES string of the molecule is Cc1ccc(-c2cnc(N(C)CCC(=O)O)nc2)o1. The summed E-state index contributed by atoms with van der Waals surface area (Å²) in [5, 5.41) is 8.62. The van der Waals surface area contributed by atoms with Crippen LogP contribution in [0.4, 0.5) is 5.95 Å². The molecule has 0 aromatic carbocycles. The first-order valence-corrected chi connectivity index (χ1v) is 5.88. The van der Waals surface area contributed by atoms with Crippen molar-refractivity contribution < 1.29 is 14.3 Å². The molecule has 0 saturated carbocycles. The Labute approximate surface area is 110 Å². The van der Waals surface area contributed by atoms with Gasteiger partial charge in [0.15, 0.2) is 0 Å². The molecule has 0 bridgehead atoms. The predicted molar refractivity (Wildman–Crippen MR) is 70.0 cm³/mol. The van der Waals surface area contributed by atoms with Crippen LogP contribution in [0.25, 0.3) is 11.3 Å². The number of anilines is 1. The monoisotopic (exact) mass is 261 g/mol. The minimum Gasteiger partial charge on any atom is -0.481 e.